The zero-order chi connectivity index (χ0) is 18.8. The van der Waals surface area contributed by atoms with E-state index in [1.54, 1.807) is 19.1 Å². The molecule has 0 saturated heterocycles. The molecule has 2 aromatic rings. The van der Waals surface area contributed by atoms with E-state index in [1.807, 2.05) is 0 Å². The Morgan fingerprint density at radius 2 is 1.80 bits per heavy atom. The smallest absolute Gasteiger partial charge is 0.290 e. The summed E-state index contributed by atoms with van der Waals surface area (Å²) in [4.78, 5) is 21.2. The third-order valence-corrected chi connectivity index (χ3v) is 5.02. The highest BCUT2D eigenvalue weighted by Crippen LogP contribution is 2.30. The van der Waals surface area contributed by atoms with E-state index in [0.29, 0.717) is 11.3 Å². The SMILES string of the molecule is CC(=O)Nc1ccc(C)c(NS(=O)(=O)c2c(C)cccc2[N+](=O)[O-])c1. The van der Waals surface area contributed by atoms with Gasteiger partial charge >= 0.3 is 0 Å². The molecule has 132 valence electrons. The predicted molar refractivity (Wildman–Crippen MR) is 94.1 cm³/mol. The van der Waals surface area contributed by atoms with Crippen molar-refractivity contribution in [3.63, 3.8) is 0 Å². The van der Waals surface area contributed by atoms with E-state index in [2.05, 4.69) is 10.0 Å². The van der Waals surface area contributed by atoms with E-state index in [0.717, 1.165) is 6.07 Å². The lowest BCUT2D eigenvalue weighted by molar-refractivity contribution is -0.387. The molecule has 0 aliphatic carbocycles. The summed E-state index contributed by atoms with van der Waals surface area (Å²) < 4.78 is 27.8. The number of benzene rings is 2. The highest BCUT2D eigenvalue weighted by Gasteiger charge is 2.28. The number of nitro groups is 1. The maximum Gasteiger partial charge on any atom is 0.290 e. The van der Waals surface area contributed by atoms with Crippen LogP contribution in [-0.2, 0) is 14.8 Å². The zero-order valence-corrected chi connectivity index (χ0v) is 14.7. The molecule has 2 rings (SSSR count). The van der Waals surface area contributed by atoms with Gasteiger partial charge in [-0.3, -0.25) is 19.6 Å². The van der Waals surface area contributed by atoms with Gasteiger partial charge in [0.05, 0.1) is 10.6 Å². The maximum atomic E-state index is 12.7. The van der Waals surface area contributed by atoms with Crippen molar-refractivity contribution in [3.05, 3.63) is 57.6 Å². The van der Waals surface area contributed by atoms with Crippen LogP contribution in [0.15, 0.2) is 41.3 Å². The number of rotatable bonds is 5. The Balaban J connectivity index is 2.50. The topological polar surface area (TPSA) is 118 Å². The summed E-state index contributed by atoms with van der Waals surface area (Å²) in [5.41, 5.74) is 1.01. The lowest BCUT2D eigenvalue weighted by atomic mass is 10.2. The fourth-order valence-corrected chi connectivity index (χ4v) is 3.86. The molecule has 2 aromatic carbocycles. The minimum Gasteiger partial charge on any atom is -0.326 e. The van der Waals surface area contributed by atoms with Crippen LogP contribution < -0.4 is 10.0 Å². The van der Waals surface area contributed by atoms with Gasteiger partial charge in [-0.15, -0.1) is 0 Å². The first-order valence-corrected chi connectivity index (χ1v) is 8.75. The van der Waals surface area contributed by atoms with Crippen LogP contribution >= 0.6 is 0 Å². The fourth-order valence-electron chi connectivity index (χ4n) is 2.34. The Morgan fingerprint density at radius 3 is 2.40 bits per heavy atom. The van der Waals surface area contributed by atoms with Crippen molar-refractivity contribution in [3.8, 4) is 0 Å². The molecule has 0 saturated carbocycles. The van der Waals surface area contributed by atoms with Gasteiger partial charge < -0.3 is 5.32 Å². The van der Waals surface area contributed by atoms with Gasteiger partial charge in [-0.1, -0.05) is 18.2 Å². The molecule has 9 heteroatoms. The average molecular weight is 363 g/mol. The normalized spacial score (nSPS) is 11.0. The number of nitrogens with one attached hydrogen (secondary N) is 2. The number of carbonyl (C=O) groups excluding carboxylic acids is 1. The summed E-state index contributed by atoms with van der Waals surface area (Å²) >= 11 is 0. The Morgan fingerprint density at radius 1 is 1.12 bits per heavy atom. The van der Waals surface area contributed by atoms with Gasteiger partial charge in [0, 0.05) is 18.7 Å². The van der Waals surface area contributed by atoms with Crippen molar-refractivity contribution in [1.82, 2.24) is 0 Å². The average Bonchev–Trinajstić information content (AvgIpc) is 2.49. The number of aryl methyl sites for hydroxylation is 2. The number of nitro benzene ring substituents is 1. The Labute approximate surface area is 145 Å². The van der Waals surface area contributed by atoms with E-state index in [9.17, 15) is 23.3 Å². The molecule has 8 nitrogen and oxygen atoms in total. The van der Waals surface area contributed by atoms with E-state index in [1.165, 1.54) is 32.0 Å². The van der Waals surface area contributed by atoms with E-state index < -0.39 is 20.6 Å². The van der Waals surface area contributed by atoms with Crippen LogP contribution in [0.5, 0.6) is 0 Å². The van der Waals surface area contributed by atoms with E-state index in [4.69, 9.17) is 0 Å². The van der Waals surface area contributed by atoms with Crippen molar-refractivity contribution in [2.75, 3.05) is 10.0 Å². The molecule has 0 heterocycles. The number of anilines is 2. The van der Waals surface area contributed by atoms with Gasteiger partial charge in [0.15, 0.2) is 4.90 Å². The second-order valence-electron chi connectivity index (χ2n) is 5.50. The van der Waals surface area contributed by atoms with Gasteiger partial charge in [0.1, 0.15) is 0 Å². The number of amides is 1. The molecule has 0 unspecified atom stereocenters. The molecule has 2 N–H and O–H groups in total. The molecule has 0 aliphatic heterocycles. The molecule has 25 heavy (non-hydrogen) atoms. The molecule has 0 fully saturated rings. The quantitative estimate of drug-likeness (QED) is 0.625. The van der Waals surface area contributed by atoms with Crippen molar-refractivity contribution >= 4 is 33.0 Å². The van der Waals surface area contributed by atoms with Crippen LogP contribution in [0.2, 0.25) is 0 Å². The molecular formula is C16H17N3O5S. The lowest BCUT2D eigenvalue weighted by Gasteiger charge is -2.14. The molecule has 0 radical (unpaired) electrons. The van der Waals surface area contributed by atoms with Gasteiger partial charge in [-0.25, -0.2) is 8.42 Å². The van der Waals surface area contributed by atoms with Crippen molar-refractivity contribution in [2.24, 2.45) is 0 Å². The maximum absolute atomic E-state index is 12.7. The highest BCUT2D eigenvalue weighted by molar-refractivity contribution is 7.93. The molecule has 1 amide bonds. The summed E-state index contributed by atoms with van der Waals surface area (Å²) in [6.45, 7) is 4.50. The number of hydrogen-bond donors (Lipinski definition) is 2. The van der Waals surface area contributed by atoms with Gasteiger partial charge in [-0.2, -0.15) is 0 Å². The number of sulfonamides is 1. The van der Waals surface area contributed by atoms with Crippen LogP contribution in [0.3, 0.4) is 0 Å². The molecular weight excluding hydrogens is 346 g/mol. The van der Waals surface area contributed by atoms with Gasteiger partial charge in [0.2, 0.25) is 5.91 Å². The summed E-state index contributed by atoms with van der Waals surface area (Å²) in [5.74, 6) is -0.299. The van der Waals surface area contributed by atoms with E-state index >= 15 is 0 Å². The summed E-state index contributed by atoms with van der Waals surface area (Å²) in [5, 5.41) is 13.7. The van der Waals surface area contributed by atoms with Crippen LogP contribution in [0.4, 0.5) is 17.1 Å². The lowest BCUT2D eigenvalue weighted by Crippen LogP contribution is -2.17. The minimum absolute atomic E-state index is 0.226. The zero-order valence-electron chi connectivity index (χ0n) is 13.9. The Bertz CT molecular complexity index is 954. The monoisotopic (exact) mass is 363 g/mol. The van der Waals surface area contributed by atoms with Crippen molar-refractivity contribution < 1.29 is 18.1 Å². The molecule has 0 bridgehead atoms. The number of nitrogens with zero attached hydrogens (tertiary/aromatic N) is 1. The molecule has 0 spiro atoms. The van der Waals surface area contributed by atoms with E-state index in [-0.39, 0.29) is 22.1 Å². The largest absolute Gasteiger partial charge is 0.326 e. The first-order valence-electron chi connectivity index (χ1n) is 7.27. The highest BCUT2D eigenvalue weighted by atomic mass is 32.2. The van der Waals surface area contributed by atoms with Crippen molar-refractivity contribution in [1.29, 1.82) is 0 Å². The number of hydrogen-bond acceptors (Lipinski definition) is 5. The van der Waals surface area contributed by atoms with Crippen LogP contribution in [0, 0.1) is 24.0 Å². The molecule has 0 atom stereocenters. The second-order valence-corrected chi connectivity index (χ2v) is 7.12. The fraction of sp³-hybridized carbons (Fsp3) is 0.188. The van der Waals surface area contributed by atoms with Gasteiger partial charge in [-0.05, 0) is 37.1 Å². The Hall–Kier alpha value is -2.94. The molecule has 0 aromatic heterocycles. The first-order chi connectivity index (χ1) is 11.6. The van der Waals surface area contributed by atoms with Crippen LogP contribution in [-0.4, -0.2) is 19.2 Å². The minimum atomic E-state index is -4.19. The van der Waals surface area contributed by atoms with Crippen LogP contribution in [0.1, 0.15) is 18.1 Å². The Kier molecular flexibility index (Phi) is 5.07. The third-order valence-electron chi connectivity index (χ3n) is 3.46. The summed E-state index contributed by atoms with van der Waals surface area (Å²) in [6, 6.07) is 8.78. The van der Waals surface area contributed by atoms with Crippen LogP contribution in [0.25, 0.3) is 0 Å². The third kappa shape index (κ3) is 4.13. The second kappa shape index (κ2) is 6.89. The standard InChI is InChI=1S/C16H17N3O5S/c1-10-7-8-13(17-12(3)20)9-14(10)18-25(23,24)16-11(2)5-4-6-15(16)19(21)22/h4-9,18H,1-3H3,(H,17,20). The summed E-state index contributed by atoms with van der Waals surface area (Å²) in [7, 11) is -4.19. The predicted octanol–water partition coefficient (Wildman–Crippen LogP) is 2.97. The summed E-state index contributed by atoms with van der Waals surface area (Å²) in [6.07, 6.45) is 0. The first kappa shape index (κ1) is 18.4. The molecule has 0 aliphatic rings. The van der Waals surface area contributed by atoms with Crippen molar-refractivity contribution in [2.45, 2.75) is 25.7 Å². The number of carbonyl (C=O) groups is 1. The van der Waals surface area contributed by atoms with Gasteiger partial charge in [0.25, 0.3) is 15.7 Å².